The number of carbonyl (C=O) groups is 1. The lowest BCUT2D eigenvalue weighted by Gasteiger charge is -2.38. The number of piperidine rings is 1. The Morgan fingerprint density at radius 3 is 2.37 bits per heavy atom. The molecule has 1 aliphatic rings. The maximum Gasteiger partial charge on any atom is 0.243 e. The van der Waals surface area contributed by atoms with Crippen molar-refractivity contribution in [2.75, 3.05) is 13.1 Å². The van der Waals surface area contributed by atoms with Gasteiger partial charge in [0.2, 0.25) is 15.9 Å². The van der Waals surface area contributed by atoms with E-state index in [1.54, 1.807) is 12.1 Å². The summed E-state index contributed by atoms with van der Waals surface area (Å²) in [6, 6.07) is 16.9. The molecule has 2 aromatic rings. The highest BCUT2D eigenvalue weighted by atomic mass is 32.2. The molecule has 1 heterocycles. The Labute approximate surface area is 180 Å². The fourth-order valence-corrected chi connectivity index (χ4v) is 5.60. The molecule has 0 radical (unpaired) electrons. The van der Waals surface area contributed by atoms with Crippen LogP contribution in [0, 0.1) is 11.3 Å². The van der Waals surface area contributed by atoms with Gasteiger partial charge in [-0.05, 0) is 55.4 Å². The quantitative estimate of drug-likeness (QED) is 0.725. The molecule has 3 rings (SSSR count). The van der Waals surface area contributed by atoms with E-state index in [1.807, 2.05) is 49.4 Å². The fourth-order valence-electron chi connectivity index (χ4n) is 3.99. The summed E-state index contributed by atoms with van der Waals surface area (Å²) in [7, 11) is -3.63. The Morgan fingerprint density at radius 1 is 1.07 bits per heavy atom. The maximum absolute atomic E-state index is 13.2. The van der Waals surface area contributed by atoms with Crippen LogP contribution in [0.3, 0.4) is 0 Å². The Hall–Kier alpha value is -2.18. The largest absolute Gasteiger partial charge is 0.352 e. The molecular formula is C24H32N2O3S. The van der Waals surface area contributed by atoms with Crippen molar-refractivity contribution in [3.05, 3.63) is 65.7 Å². The van der Waals surface area contributed by atoms with Crippen LogP contribution in [0.5, 0.6) is 0 Å². The third-order valence-corrected chi connectivity index (χ3v) is 7.57. The summed E-state index contributed by atoms with van der Waals surface area (Å²) in [6.07, 6.45) is 2.26. The SMILES string of the molecule is CC(C)Cc1ccc(S(=O)(=O)N2CCC[C@@](C)(C(=O)NCc3ccccc3)C2)cc1. The summed E-state index contributed by atoms with van der Waals surface area (Å²) in [4.78, 5) is 13.2. The number of rotatable bonds is 7. The topological polar surface area (TPSA) is 66.5 Å². The highest BCUT2D eigenvalue weighted by Crippen LogP contribution is 2.33. The van der Waals surface area contributed by atoms with E-state index in [4.69, 9.17) is 0 Å². The first-order valence-corrected chi connectivity index (χ1v) is 12.1. The van der Waals surface area contributed by atoms with Gasteiger partial charge in [-0.3, -0.25) is 4.79 Å². The summed E-state index contributed by atoms with van der Waals surface area (Å²) in [5.41, 5.74) is 1.42. The van der Waals surface area contributed by atoms with Crippen LogP contribution in [-0.2, 0) is 27.8 Å². The van der Waals surface area contributed by atoms with E-state index < -0.39 is 15.4 Å². The third-order valence-electron chi connectivity index (χ3n) is 5.71. The first kappa shape index (κ1) is 22.5. The molecule has 1 aliphatic heterocycles. The third kappa shape index (κ3) is 5.29. The number of carbonyl (C=O) groups excluding carboxylic acids is 1. The number of nitrogens with zero attached hydrogens (tertiary/aromatic N) is 1. The van der Waals surface area contributed by atoms with Gasteiger partial charge in [0.05, 0.1) is 10.3 Å². The van der Waals surface area contributed by atoms with E-state index >= 15 is 0 Å². The Kier molecular flexibility index (Phi) is 6.98. The van der Waals surface area contributed by atoms with Crippen molar-refractivity contribution in [3.8, 4) is 0 Å². The first-order chi connectivity index (χ1) is 14.2. The van der Waals surface area contributed by atoms with Gasteiger partial charge in [0.25, 0.3) is 0 Å². The van der Waals surface area contributed by atoms with E-state index in [9.17, 15) is 13.2 Å². The maximum atomic E-state index is 13.2. The molecule has 30 heavy (non-hydrogen) atoms. The van der Waals surface area contributed by atoms with Crippen LogP contribution in [0.25, 0.3) is 0 Å². The summed E-state index contributed by atoms with van der Waals surface area (Å²) in [5.74, 6) is 0.420. The molecule has 0 unspecified atom stereocenters. The van der Waals surface area contributed by atoms with Crippen molar-refractivity contribution in [1.82, 2.24) is 9.62 Å². The van der Waals surface area contributed by atoms with Crippen molar-refractivity contribution in [1.29, 1.82) is 0 Å². The van der Waals surface area contributed by atoms with Gasteiger partial charge in [-0.25, -0.2) is 8.42 Å². The minimum Gasteiger partial charge on any atom is -0.352 e. The zero-order valence-electron chi connectivity index (χ0n) is 18.1. The van der Waals surface area contributed by atoms with E-state index in [-0.39, 0.29) is 12.5 Å². The van der Waals surface area contributed by atoms with Crippen LogP contribution in [0.2, 0.25) is 0 Å². The molecule has 1 N–H and O–H groups in total. The lowest BCUT2D eigenvalue weighted by atomic mass is 9.82. The lowest BCUT2D eigenvalue weighted by molar-refractivity contribution is -0.132. The number of hydrogen-bond donors (Lipinski definition) is 1. The summed E-state index contributed by atoms with van der Waals surface area (Å²) in [5, 5.41) is 2.99. The number of benzene rings is 2. The summed E-state index contributed by atoms with van der Waals surface area (Å²) in [6.45, 7) is 7.23. The van der Waals surface area contributed by atoms with Crippen molar-refractivity contribution in [2.45, 2.75) is 51.5 Å². The molecule has 6 heteroatoms. The van der Waals surface area contributed by atoms with E-state index in [1.165, 1.54) is 4.31 Å². The zero-order valence-corrected chi connectivity index (χ0v) is 18.9. The average molecular weight is 429 g/mol. The molecule has 0 aliphatic carbocycles. The van der Waals surface area contributed by atoms with Crippen LogP contribution < -0.4 is 5.32 Å². The van der Waals surface area contributed by atoms with E-state index in [0.717, 1.165) is 17.5 Å². The van der Waals surface area contributed by atoms with Crippen molar-refractivity contribution >= 4 is 15.9 Å². The Morgan fingerprint density at radius 2 is 1.73 bits per heavy atom. The predicted octanol–water partition coefficient (Wildman–Crippen LogP) is 3.99. The van der Waals surface area contributed by atoms with Crippen LogP contribution in [-0.4, -0.2) is 31.7 Å². The van der Waals surface area contributed by atoms with Crippen LogP contribution in [0.15, 0.2) is 59.5 Å². The number of hydrogen-bond acceptors (Lipinski definition) is 3. The van der Waals surface area contributed by atoms with Gasteiger partial charge in [-0.2, -0.15) is 4.31 Å². The van der Waals surface area contributed by atoms with Gasteiger partial charge in [0.15, 0.2) is 0 Å². The predicted molar refractivity (Wildman–Crippen MR) is 119 cm³/mol. The lowest BCUT2D eigenvalue weighted by Crippen LogP contribution is -2.51. The van der Waals surface area contributed by atoms with Crippen LogP contribution in [0.1, 0.15) is 44.7 Å². The molecule has 5 nitrogen and oxygen atoms in total. The number of nitrogens with one attached hydrogen (secondary N) is 1. The molecule has 0 bridgehead atoms. The van der Waals surface area contributed by atoms with Crippen molar-refractivity contribution < 1.29 is 13.2 Å². The van der Waals surface area contributed by atoms with Crippen LogP contribution >= 0.6 is 0 Å². The smallest absolute Gasteiger partial charge is 0.243 e. The highest BCUT2D eigenvalue weighted by molar-refractivity contribution is 7.89. The monoisotopic (exact) mass is 428 g/mol. The molecule has 0 aromatic heterocycles. The average Bonchev–Trinajstić information content (AvgIpc) is 2.72. The van der Waals surface area contributed by atoms with Crippen LogP contribution in [0.4, 0.5) is 0 Å². The second kappa shape index (κ2) is 9.31. The molecule has 1 fully saturated rings. The van der Waals surface area contributed by atoms with Gasteiger partial charge < -0.3 is 5.32 Å². The second-order valence-electron chi connectivity index (χ2n) is 8.91. The van der Waals surface area contributed by atoms with Gasteiger partial charge in [0.1, 0.15) is 0 Å². The van der Waals surface area contributed by atoms with Gasteiger partial charge in [-0.1, -0.05) is 56.3 Å². The number of amides is 1. The van der Waals surface area contributed by atoms with Gasteiger partial charge in [0, 0.05) is 19.6 Å². The molecule has 162 valence electrons. The summed E-state index contributed by atoms with van der Waals surface area (Å²) < 4.78 is 27.9. The van der Waals surface area contributed by atoms with Crippen molar-refractivity contribution in [2.24, 2.45) is 11.3 Å². The molecule has 0 spiro atoms. The minimum absolute atomic E-state index is 0.0986. The minimum atomic E-state index is -3.63. The van der Waals surface area contributed by atoms with Gasteiger partial charge in [-0.15, -0.1) is 0 Å². The number of sulfonamides is 1. The van der Waals surface area contributed by atoms with E-state index in [0.29, 0.717) is 36.7 Å². The molecular weight excluding hydrogens is 396 g/mol. The molecule has 1 atom stereocenters. The second-order valence-corrected chi connectivity index (χ2v) is 10.9. The van der Waals surface area contributed by atoms with Crippen molar-refractivity contribution in [3.63, 3.8) is 0 Å². The Bertz CT molecular complexity index is 956. The molecule has 1 saturated heterocycles. The van der Waals surface area contributed by atoms with E-state index in [2.05, 4.69) is 19.2 Å². The molecule has 2 aromatic carbocycles. The standard InChI is InChI=1S/C24H32N2O3S/c1-19(2)16-20-10-12-22(13-11-20)30(28,29)26-15-7-14-24(3,18-26)23(27)25-17-21-8-5-4-6-9-21/h4-6,8-13,19H,7,14-18H2,1-3H3,(H,25,27)/t24-/m1/s1. The van der Waals surface area contributed by atoms with Gasteiger partial charge >= 0.3 is 0 Å². The first-order valence-electron chi connectivity index (χ1n) is 10.6. The Balaban J connectivity index is 1.69. The normalized spacial score (nSPS) is 20.3. The molecule has 0 saturated carbocycles. The fraction of sp³-hybridized carbons (Fsp3) is 0.458. The highest BCUT2D eigenvalue weighted by Gasteiger charge is 2.41. The summed E-state index contributed by atoms with van der Waals surface area (Å²) >= 11 is 0. The molecule has 1 amide bonds. The zero-order chi connectivity index (χ0) is 21.8.